The third-order valence-corrected chi connectivity index (χ3v) is 20.2. The molecule has 0 spiro atoms. The van der Waals surface area contributed by atoms with Crippen molar-refractivity contribution in [2.75, 3.05) is 0 Å². The normalized spacial score (nSPS) is 10.3. The predicted molar refractivity (Wildman–Crippen MR) is 526 cm³/mol. The van der Waals surface area contributed by atoms with Crippen LogP contribution in [0.4, 0.5) is 4.39 Å². The molecule has 2 heterocycles. The van der Waals surface area contributed by atoms with Gasteiger partial charge in [0, 0.05) is 39.3 Å². The van der Waals surface area contributed by atoms with Gasteiger partial charge < -0.3 is 0 Å². The van der Waals surface area contributed by atoms with Crippen molar-refractivity contribution in [1.29, 1.82) is 0 Å². The van der Waals surface area contributed by atoms with Gasteiger partial charge >= 0.3 is 0 Å². The Morgan fingerprint density at radius 1 is 0.288 bits per heavy atom. The number of hydrogen-bond donors (Lipinski definition) is 0. The van der Waals surface area contributed by atoms with Crippen LogP contribution >= 0.6 is 27.5 Å². The van der Waals surface area contributed by atoms with Crippen molar-refractivity contribution in [2.45, 2.75) is 272 Å². The molecule has 10 aromatic carbocycles. The van der Waals surface area contributed by atoms with Crippen molar-refractivity contribution in [1.82, 2.24) is 9.97 Å². The summed E-state index contributed by atoms with van der Waals surface area (Å²) in [5, 5.41) is 0.873. The molecule has 12 aromatic rings. The van der Waals surface area contributed by atoms with E-state index < -0.39 is 0 Å². The second-order valence-corrected chi connectivity index (χ2v) is 34.9. The minimum Gasteiger partial charge on any atom is -0.264 e. The van der Waals surface area contributed by atoms with Crippen LogP contribution in [-0.2, 0) is 0 Å². The minimum absolute atomic E-state index is 0.0995. The number of aryl methyl sites for hydroxylation is 5. The third kappa shape index (κ3) is 47.4. The average molecular weight is 1670 g/mol. The Kier molecular flexibility index (Phi) is 55.3. The summed E-state index contributed by atoms with van der Waals surface area (Å²) in [5.41, 5.74) is 23.5. The van der Waals surface area contributed by atoms with E-state index in [1.165, 1.54) is 94.0 Å². The highest BCUT2D eigenvalue weighted by atomic mass is 79.9. The lowest BCUT2D eigenvalue weighted by molar-refractivity contribution is 0.598. The first-order valence-corrected chi connectivity index (χ1v) is 44.0. The standard InChI is InChI=1S/C11H12.5C10H14.C9H11Br.C9H11Cl.C9H11F.C9H12.2C8H11N/c1-4-10-6-5-7-11(8-10)9(2)3;2*1-8(2)10-6-4-9(3)5-7-10;2*1-8(2)10-6-4-5-9(3)7-10;1-8(2)10-7-5-4-6-9(10)3;3*1-7(2)8-5-3-4-6-9(8)10;1-8(2)9-6-4-3-5-7-9;1-7(2)8-4-3-5-9-6-8;1-7(2)8-5-3-4-6-9-8/h1,5-9H,2-3H3;5*4-8H,1-3H3;3*3-7H,1-2H3;3-8H,1-2H3;2*3-7H,1-2H3. The Morgan fingerprint density at radius 2 is 0.644 bits per heavy atom. The summed E-state index contributed by atoms with van der Waals surface area (Å²) in [4.78, 5) is 8.18. The zero-order valence-corrected chi connectivity index (χ0v) is 80.2. The van der Waals surface area contributed by atoms with E-state index in [2.05, 4.69) is 407 Å². The molecule has 5 heteroatoms. The third-order valence-electron chi connectivity index (χ3n) is 19.1. The fourth-order valence-corrected chi connectivity index (χ4v) is 12.4. The van der Waals surface area contributed by atoms with E-state index in [0.29, 0.717) is 65.1 Å². The number of rotatable bonds is 12. The number of benzene rings is 10. The number of halogens is 3. The Morgan fingerprint density at radius 3 is 0.941 bits per heavy atom. The van der Waals surface area contributed by atoms with Gasteiger partial charge in [0.2, 0.25) is 0 Å². The highest BCUT2D eigenvalue weighted by molar-refractivity contribution is 9.10. The van der Waals surface area contributed by atoms with Crippen LogP contribution in [-0.4, -0.2) is 9.97 Å². The lowest BCUT2D eigenvalue weighted by Crippen LogP contribution is -1.90. The van der Waals surface area contributed by atoms with Gasteiger partial charge in [0.15, 0.2) is 0 Å². The quantitative estimate of drug-likeness (QED) is 0.114. The van der Waals surface area contributed by atoms with Gasteiger partial charge in [-0.15, -0.1) is 6.42 Å². The Balaban J connectivity index is 0.000000644. The Hall–Kier alpha value is -9.24. The maximum absolute atomic E-state index is 12.8. The zero-order chi connectivity index (χ0) is 88.8. The molecule has 0 saturated heterocycles. The van der Waals surface area contributed by atoms with E-state index in [9.17, 15) is 4.39 Å². The van der Waals surface area contributed by atoms with E-state index in [1.807, 2.05) is 105 Å². The summed E-state index contributed by atoms with van der Waals surface area (Å²) in [7, 11) is 0. The summed E-state index contributed by atoms with van der Waals surface area (Å²) in [5.74, 6) is 9.56. The summed E-state index contributed by atoms with van der Waals surface area (Å²) in [6.07, 6.45) is 10.8. The fourth-order valence-electron chi connectivity index (χ4n) is 11.3. The molecule has 0 unspecified atom stereocenters. The van der Waals surface area contributed by atoms with Gasteiger partial charge in [0.1, 0.15) is 5.82 Å². The molecule has 632 valence electrons. The molecule has 2 aromatic heterocycles. The molecule has 2 nitrogen and oxygen atoms in total. The van der Waals surface area contributed by atoms with Crippen LogP contribution in [0.15, 0.2) is 302 Å². The van der Waals surface area contributed by atoms with Crippen LogP contribution in [0.3, 0.4) is 0 Å². The molecule has 0 atom stereocenters. The first-order chi connectivity index (χ1) is 55.8. The van der Waals surface area contributed by atoms with E-state index >= 15 is 0 Å². The summed E-state index contributed by atoms with van der Waals surface area (Å²) in [6, 6.07) is 95.2. The second kappa shape index (κ2) is 61.1. The lowest BCUT2D eigenvalue weighted by atomic mass is 9.99. The van der Waals surface area contributed by atoms with Crippen molar-refractivity contribution in [3.05, 3.63) is 413 Å². The van der Waals surface area contributed by atoms with Gasteiger partial charge in [-0.2, -0.15) is 0 Å². The van der Waals surface area contributed by atoms with Crippen molar-refractivity contribution >= 4 is 27.5 Å². The molecule has 0 aliphatic carbocycles. The fraction of sp³-hybridized carbons (Fsp3) is 0.363. The molecule has 0 aliphatic rings. The summed E-state index contributed by atoms with van der Waals surface area (Å²) in [6.45, 7) is 62.8. The van der Waals surface area contributed by atoms with Crippen molar-refractivity contribution < 1.29 is 4.39 Å². The molecule has 0 fully saturated rings. The average Bonchev–Trinajstić information content (AvgIpc) is 0.887. The molecule has 12 rings (SSSR count). The number of hydrogen-bond acceptors (Lipinski definition) is 2. The van der Waals surface area contributed by atoms with Gasteiger partial charge in [-0.05, 0) is 221 Å². The maximum Gasteiger partial charge on any atom is 0.126 e. The van der Waals surface area contributed by atoms with E-state index in [-0.39, 0.29) is 11.7 Å². The van der Waals surface area contributed by atoms with Crippen molar-refractivity contribution in [3.8, 4) is 12.3 Å². The predicted octanol–water partition coefficient (Wildman–Crippen LogP) is 35.6. The molecule has 0 radical (unpaired) electrons. The topological polar surface area (TPSA) is 25.8 Å². The van der Waals surface area contributed by atoms with Crippen LogP contribution in [0, 0.1) is 52.8 Å². The smallest absolute Gasteiger partial charge is 0.126 e. The van der Waals surface area contributed by atoms with E-state index in [0.717, 1.165) is 21.8 Å². The van der Waals surface area contributed by atoms with Crippen molar-refractivity contribution in [3.63, 3.8) is 0 Å². The minimum atomic E-state index is -0.0995. The number of aromatic nitrogens is 2. The van der Waals surface area contributed by atoms with Gasteiger partial charge in [-0.3, -0.25) is 9.97 Å². The summed E-state index contributed by atoms with van der Waals surface area (Å²) >= 11 is 9.42. The van der Waals surface area contributed by atoms with Gasteiger partial charge in [-0.1, -0.05) is 452 Å². The highest BCUT2D eigenvalue weighted by Crippen LogP contribution is 2.26. The molecule has 0 bridgehead atoms. The van der Waals surface area contributed by atoms with Crippen LogP contribution < -0.4 is 0 Å². The summed E-state index contributed by atoms with van der Waals surface area (Å²) < 4.78 is 14.1. The molecule has 0 saturated carbocycles. The molecular weight excluding hydrogens is 1520 g/mol. The van der Waals surface area contributed by atoms with Crippen LogP contribution in [0.1, 0.15) is 337 Å². The van der Waals surface area contributed by atoms with E-state index in [4.69, 9.17) is 18.0 Å². The largest absolute Gasteiger partial charge is 0.264 e. The zero-order valence-electron chi connectivity index (χ0n) is 77.8. The van der Waals surface area contributed by atoms with Gasteiger partial charge in [0.05, 0.1) is 0 Å². The van der Waals surface area contributed by atoms with Gasteiger partial charge in [-0.25, -0.2) is 4.39 Å². The number of terminal acetylenes is 1. The second-order valence-electron chi connectivity index (χ2n) is 33.6. The SMILES string of the molecule is C#Cc1cccc(C(C)C)c1.CC(C)c1ccccc1.CC(C)c1ccccc1Br.CC(C)c1ccccc1Cl.CC(C)c1ccccc1F.CC(C)c1ccccn1.CC(C)c1cccnc1.Cc1ccc(C(C)C)cc1.Cc1ccc(C(C)C)cc1.Cc1cccc(C(C)C)c1.Cc1cccc(C(C)C)c1.Cc1ccccc1C(C)C. The first-order valence-electron chi connectivity index (χ1n) is 42.8. The van der Waals surface area contributed by atoms with Crippen LogP contribution in [0.2, 0.25) is 5.02 Å². The first kappa shape index (κ1) is 107. The Bertz CT molecular complexity index is 4160. The maximum atomic E-state index is 12.8. The van der Waals surface area contributed by atoms with Gasteiger partial charge in [0.25, 0.3) is 0 Å². The monoisotopic (exact) mass is 1670 g/mol. The van der Waals surface area contributed by atoms with Crippen LogP contribution in [0.25, 0.3) is 0 Å². The molecule has 118 heavy (non-hydrogen) atoms. The molecule has 0 N–H and O–H groups in total. The highest BCUT2D eigenvalue weighted by Gasteiger charge is 2.07. The lowest BCUT2D eigenvalue weighted by Gasteiger charge is -2.07. The Labute approximate surface area is 734 Å². The molecule has 0 amide bonds. The van der Waals surface area contributed by atoms with E-state index in [1.54, 1.807) is 12.3 Å². The molecule has 0 aliphatic heterocycles. The van der Waals surface area contributed by atoms with Crippen molar-refractivity contribution in [2.24, 2.45) is 0 Å². The molecular formula is C113H149BrClFN2. The van der Waals surface area contributed by atoms with Crippen LogP contribution in [0.5, 0.6) is 0 Å². The number of pyridine rings is 2. The number of nitrogens with zero attached hydrogens (tertiary/aromatic N) is 2.